The first-order chi connectivity index (χ1) is 11.0. The predicted molar refractivity (Wildman–Crippen MR) is 83.3 cm³/mol. The third kappa shape index (κ3) is 3.23. The minimum absolute atomic E-state index is 0.00824. The average molecular weight is 386 g/mol. The van der Waals surface area contributed by atoms with Crippen molar-refractivity contribution < 1.29 is 18.7 Å². The molecule has 0 radical (unpaired) electrons. The summed E-state index contributed by atoms with van der Waals surface area (Å²) in [6.07, 6.45) is 3.08. The van der Waals surface area contributed by atoms with Crippen molar-refractivity contribution in [3.05, 3.63) is 28.2 Å². The van der Waals surface area contributed by atoms with Gasteiger partial charge in [-0.3, -0.25) is 9.59 Å². The standard InChI is InChI=1S/C15H17BrFN3O3/c16-12-11(17)10(1-4-19-12)13(21)20-8-9-7-15(14(22)23-9)2-5-18-6-3-15/h1,4,9,18H,2-3,5-8H2,(H,20,21). The van der Waals surface area contributed by atoms with Crippen LogP contribution in [0.25, 0.3) is 0 Å². The Balaban J connectivity index is 1.60. The number of carbonyl (C=O) groups is 2. The summed E-state index contributed by atoms with van der Waals surface area (Å²) in [7, 11) is 0. The van der Waals surface area contributed by atoms with Crippen molar-refractivity contribution in [2.24, 2.45) is 5.41 Å². The zero-order chi connectivity index (χ0) is 16.4. The van der Waals surface area contributed by atoms with Gasteiger partial charge in [-0.1, -0.05) is 0 Å². The summed E-state index contributed by atoms with van der Waals surface area (Å²) in [5.41, 5.74) is -0.515. The van der Waals surface area contributed by atoms with E-state index in [-0.39, 0.29) is 28.8 Å². The number of aromatic nitrogens is 1. The van der Waals surface area contributed by atoms with Crippen LogP contribution in [0.5, 0.6) is 0 Å². The van der Waals surface area contributed by atoms with Crippen LogP contribution in [-0.2, 0) is 9.53 Å². The van der Waals surface area contributed by atoms with Gasteiger partial charge < -0.3 is 15.4 Å². The minimum atomic E-state index is -0.705. The van der Waals surface area contributed by atoms with Crippen molar-refractivity contribution in [1.82, 2.24) is 15.6 Å². The Morgan fingerprint density at radius 1 is 1.52 bits per heavy atom. The molecule has 8 heteroatoms. The summed E-state index contributed by atoms with van der Waals surface area (Å²) in [4.78, 5) is 27.9. The van der Waals surface area contributed by atoms with Crippen LogP contribution in [-0.4, -0.2) is 42.6 Å². The van der Waals surface area contributed by atoms with Gasteiger partial charge in [0.25, 0.3) is 5.91 Å². The van der Waals surface area contributed by atoms with Crippen LogP contribution in [0, 0.1) is 11.2 Å². The van der Waals surface area contributed by atoms with Crippen molar-refractivity contribution in [2.75, 3.05) is 19.6 Å². The molecule has 23 heavy (non-hydrogen) atoms. The topological polar surface area (TPSA) is 80.3 Å². The van der Waals surface area contributed by atoms with Gasteiger partial charge >= 0.3 is 5.97 Å². The van der Waals surface area contributed by atoms with Crippen LogP contribution >= 0.6 is 15.9 Å². The number of nitrogens with one attached hydrogen (secondary N) is 2. The molecule has 0 aliphatic carbocycles. The smallest absolute Gasteiger partial charge is 0.312 e. The number of rotatable bonds is 3. The van der Waals surface area contributed by atoms with Gasteiger partial charge in [0.1, 0.15) is 10.7 Å². The van der Waals surface area contributed by atoms with Crippen molar-refractivity contribution in [3.8, 4) is 0 Å². The second kappa shape index (κ2) is 6.52. The maximum Gasteiger partial charge on any atom is 0.312 e. The Labute approximate surface area is 141 Å². The maximum atomic E-state index is 13.8. The number of piperidine rings is 1. The summed E-state index contributed by atoms with van der Waals surface area (Å²) in [5.74, 6) is -1.44. The second-order valence-electron chi connectivity index (χ2n) is 5.94. The lowest BCUT2D eigenvalue weighted by Gasteiger charge is -2.29. The van der Waals surface area contributed by atoms with Crippen molar-refractivity contribution >= 4 is 27.8 Å². The zero-order valence-electron chi connectivity index (χ0n) is 12.4. The summed E-state index contributed by atoms with van der Waals surface area (Å²) >= 11 is 2.95. The molecule has 6 nitrogen and oxygen atoms in total. The largest absolute Gasteiger partial charge is 0.460 e. The first-order valence-corrected chi connectivity index (χ1v) is 8.31. The second-order valence-corrected chi connectivity index (χ2v) is 6.69. The molecule has 1 spiro atoms. The quantitative estimate of drug-likeness (QED) is 0.607. The van der Waals surface area contributed by atoms with Gasteiger partial charge in [0.2, 0.25) is 0 Å². The summed E-state index contributed by atoms with van der Waals surface area (Å²) in [6.45, 7) is 1.77. The Morgan fingerprint density at radius 3 is 3.00 bits per heavy atom. The molecule has 2 saturated heterocycles. The molecule has 2 aliphatic rings. The molecule has 1 amide bonds. The van der Waals surface area contributed by atoms with E-state index in [9.17, 15) is 14.0 Å². The molecule has 1 aromatic heterocycles. The van der Waals surface area contributed by atoms with Crippen LogP contribution < -0.4 is 10.6 Å². The van der Waals surface area contributed by atoms with Gasteiger partial charge in [-0.2, -0.15) is 0 Å². The van der Waals surface area contributed by atoms with E-state index in [0.717, 1.165) is 25.9 Å². The highest BCUT2D eigenvalue weighted by Crippen LogP contribution is 2.41. The van der Waals surface area contributed by atoms with Crippen LogP contribution in [0.2, 0.25) is 0 Å². The van der Waals surface area contributed by atoms with Gasteiger partial charge in [-0.25, -0.2) is 9.37 Å². The van der Waals surface area contributed by atoms with E-state index in [1.54, 1.807) is 0 Å². The SMILES string of the molecule is O=C(NCC1CC2(CCNCC2)C(=O)O1)c1ccnc(Br)c1F. The highest BCUT2D eigenvalue weighted by Gasteiger charge is 2.49. The molecule has 1 aromatic rings. The first-order valence-electron chi connectivity index (χ1n) is 7.52. The average Bonchev–Trinajstić information content (AvgIpc) is 2.84. The van der Waals surface area contributed by atoms with Gasteiger partial charge in [0.15, 0.2) is 5.82 Å². The minimum Gasteiger partial charge on any atom is -0.460 e. The Bertz CT molecular complexity index is 634. The number of esters is 1. The molecule has 2 N–H and O–H groups in total. The number of pyridine rings is 1. The lowest BCUT2D eigenvalue weighted by molar-refractivity contribution is -0.149. The van der Waals surface area contributed by atoms with Crippen LogP contribution in [0.4, 0.5) is 4.39 Å². The summed E-state index contributed by atoms with van der Waals surface area (Å²) in [5, 5.41) is 5.86. The summed E-state index contributed by atoms with van der Waals surface area (Å²) < 4.78 is 19.2. The molecule has 3 rings (SSSR count). The molecule has 0 aromatic carbocycles. The van der Waals surface area contributed by atoms with Crippen LogP contribution in [0.1, 0.15) is 29.6 Å². The number of carbonyl (C=O) groups excluding carboxylic acids is 2. The molecule has 1 unspecified atom stereocenters. The number of ether oxygens (including phenoxy) is 1. The molecule has 2 fully saturated rings. The number of hydrogen-bond donors (Lipinski definition) is 2. The third-order valence-electron chi connectivity index (χ3n) is 4.47. The van der Waals surface area contributed by atoms with Crippen LogP contribution in [0.3, 0.4) is 0 Å². The fourth-order valence-electron chi connectivity index (χ4n) is 3.16. The van der Waals surface area contributed by atoms with Gasteiger partial charge in [0.05, 0.1) is 17.5 Å². The number of hydrogen-bond acceptors (Lipinski definition) is 5. The molecule has 0 saturated carbocycles. The van der Waals surface area contributed by atoms with E-state index >= 15 is 0 Å². The molecular weight excluding hydrogens is 369 g/mol. The van der Waals surface area contributed by atoms with Gasteiger partial charge in [-0.05, 0) is 47.9 Å². The summed E-state index contributed by atoms with van der Waals surface area (Å²) in [6, 6.07) is 1.31. The maximum absolute atomic E-state index is 13.8. The van der Waals surface area contributed by atoms with Gasteiger partial charge in [-0.15, -0.1) is 0 Å². The zero-order valence-corrected chi connectivity index (χ0v) is 14.0. The highest BCUT2D eigenvalue weighted by molar-refractivity contribution is 9.10. The number of amides is 1. The lowest BCUT2D eigenvalue weighted by Crippen LogP contribution is -2.39. The fraction of sp³-hybridized carbons (Fsp3) is 0.533. The normalized spacial score (nSPS) is 22.9. The van der Waals surface area contributed by atoms with E-state index in [0.29, 0.717) is 6.42 Å². The Morgan fingerprint density at radius 2 is 2.26 bits per heavy atom. The third-order valence-corrected chi connectivity index (χ3v) is 5.02. The van der Waals surface area contributed by atoms with Crippen molar-refractivity contribution in [2.45, 2.75) is 25.4 Å². The monoisotopic (exact) mass is 385 g/mol. The van der Waals surface area contributed by atoms with E-state index < -0.39 is 17.1 Å². The van der Waals surface area contributed by atoms with E-state index in [2.05, 4.69) is 31.5 Å². The number of cyclic esters (lactones) is 1. The van der Waals surface area contributed by atoms with Crippen molar-refractivity contribution in [3.63, 3.8) is 0 Å². The van der Waals surface area contributed by atoms with E-state index in [1.807, 2.05) is 0 Å². The van der Waals surface area contributed by atoms with Gasteiger partial charge in [0, 0.05) is 12.6 Å². The Kier molecular flexibility index (Phi) is 4.63. The predicted octanol–water partition coefficient (Wildman–Crippen LogP) is 1.40. The molecule has 3 heterocycles. The Hall–Kier alpha value is -1.54. The molecule has 1 atom stereocenters. The fourth-order valence-corrected chi connectivity index (χ4v) is 3.49. The molecule has 0 bridgehead atoms. The number of nitrogens with zero attached hydrogens (tertiary/aromatic N) is 1. The van der Waals surface area contributed by atoms with Crippen LogP contribution in [0.15, 0.2) is 16.9 Å². The first kappa shape index (κ1) is 16.3. The molecular formula is C15H17BrFN3O3. The highest BCUT2D eigenvalue weighted by atomic mass is 79.9. The lowest BCUT2D eigenvalue weighted by atomic mass is 9.76. The molecule has 2 aliphatic heterocycles. The number of halogens is 2. The van der Waals surface area contributed by atoms with Crippen molar-refractivity contribution in [1.29, 1.82) is 0 Å². The van der Waals surface area contributed by atoms with E-state index in [4.69, 9.17) is 4.74 Å². The van der Waals surface area contributed by atoms with E-state index in [1.165, 1.54) is 12.3 Å². The molecule has 124 valence electrons.